The average molecular weight is 286 g/mol. The van der Waals surface area contributed by atoms with E-state index >= 15 is 0 Å². The van der Waals surface area contributed by atoms with Gasteiger partial charge in [0.25, 0.3) is 0 Å². The van der Waals surface area contributed by atoms with Crippen LogP contribution in [-0.2, 0) is 6.42 Å². The molecule has 3 nitrogen and oxygen atoms in total. The van der Waals surface area contributed by atoms with E-state index in [9.17, 15) is 15.3 Å². The standard InChI is InChI=1S/C18H22O3/c1-18-7-6-13-12-5-3-11(19)8-10(12)2-4-14(13)15(18)9-16(20)17(18)21/h3-5,8,13,15-17,19-21H,2,6-7,9H2,1H3/t13?,15?,16-,17+,18+/m1/s1. The first-order valence-corrected chi connectivity index (χ1v) is 7.88. The Labute approximate surface area is 124 Å². The van der Waals surface area contributed by atoms with Gasteiger partial charge in [-0.1, -0.05) is 24.6 Å². The summed E-state index contributed by atoms with van der Waals surface area (Å²) in [4.78, 5) is 0. The van der Waals surface area contributed by atoms with Gasteiger partial charge in [-0.05, 0) is 54.9 Å². The van der Waals surface area contributed by atoms with Gasteiger partial charge in [-0.15, -0.1) is 0 Å². The lowest BCUT2D eigenvalue weighted by Crippen LogP contribution is -2.41. The highest BCUT2D eigenvalue weighted by atomic mass is 16.3. The minimum absolute atomic E-state index is 0.184. The van der Waals surface area contributed by atoms with Crippen LogP contribution in [-0.4, -0.2) is 27.5 Å². The molecule has 4 rings (SSSR count). The fourth-order valence-electron chi connectivity index (χ4n) is 4.95. The normalized spacial score (nSPS) is 41.0. The van der Waals surface area contributed by atoms with E-state index in [1.165, 1.54) is 16.7 Å². The Balaban J connectivity index is 1.75. The Morgan fingerprint density at radius 3 is 2.86 bits per heavy atom. The van der Waals surface area contributed by atoms with E-state index in [0.717, 1.165) is 19.3 Å². The maximum absolute atomic E-state index is 10.4. The number of aliphatic hydroxyl groups is 2. The molecule has 1 aromatic carbocycles. The van der Waals surface area contributed by atoms with Crippen LogP contribution in [0, 0.1) is 11.3 Å². The predicted octanol–water partition coefficient (Wildman–Crippen LogP) is 2.50. The largest absolute Gasteiger partial charge is 0.508 e. The summed E-state index contributed by atoms with van der Waals surface area (Å²) in [6.45, 7) is 2.13. The molecule has 112 valence electrons. The lowest BCUT2D eigenvalue weighted by Gasteiger charge is -2.45. The summed E-state index contributed by atoms with van der Waals surface area (Å²) in [7, 11) is 0. The van der Waals surface area contributed by atoms with Crippen molar-refractivity contribution in [2.75, 3.05) is 0 Å². The minimum atomic E-state index is -0.606. The molecule has 0 radical (unpaired) electrons. The van der Waals surface area contributed by atoms with Crippen molar-refractivity contribution < 1.29 is 15.3 Å². The minimum Gasteiger partial charge on any atom is -0.508 e. The molecule has 0 heterocycles. The SMILES string of the molecule is C[C@]12CCC3C(=CCc4cc(O)ccc43)C1C[C@@H](O)[C@@H]2O. The van der Waals surface area contributed by atoms with Crippen LogP contribution in [0.4, 0.5) is 0 Å². The summed E-state index contributed by atoms with van der Waals surface area (Å²) >= 11 is 0. The van der Waals surface area contributed by atoms with Crippen LogP contribution in [0.2, 0.25) is 0 Å². The first-order valence-electron chi connectivity index (χ1n) is 7.88. The number of aliphatic hydroxyl groups excluding tert-OH is 2. The lowest BCUT2D eigenvalue weighted by atomic mass is 9.59. The summed E-state index contributed by atoms with van der Waals surface area (Å²) in [5.74, 6) is 1.01. The molecule has 5 atom stereocenters. The highest BCUT2D eigenvalue weighted by Gasteiger charge is 2.55. The number of allylic oxidation sites excluding steroid dienone is 2. The molecule has 2 unspecified atom stereocenters. The van der Waals surface area contributed by atoms with Crippen LogP contribution < -0.4 is 0 Å². The molecule has 0 spiro atoms. The van der Waals surface area contributed by atoms with E-state index in [2.05, 4.69) is 13.0 Å². The summed E-state index contributed by atoms with van der Waals surface area (Å²) in [5.41, 5.74) is 3.75. The number of hydrogen-bond acceptors (Lipinski definition) is 3. The third-order valence-electron chi connectivity index (χ3n) is 6.15. The quantitative estimate of drug-likeness (QED) is 0.642. The maximum atomic E-state index is 10.4. The van der Waals surface area contributed by atoms with Crippen molar-refractivity contribution in [2.45, 2.75) is 50.7 Å². The Bertz CT molecular complexity index is 621. The van der Waals surface area contributed by atoms with Gasteiger partial charge in [0, 0.05) is 11.3 Å². The molecule has 3 aliphatic rings. The second kappa shape index (κ2) is 4.34. The highest BCUT2D eigenvalue weighted by Crippen LogP contribution is 2.59. The smallest absolute Gasteiger partial charge is 0.115 e. The average Bonchev–Trinajstić information content (AvgIpc) is 2.70. The molecular formula is C18H22O3. The van der Waals surface area contributed by atoms with Gasteiger partial charge in [0.1, 0.15) is 5.75 Å². The number of aromatic hydroxyl groups is 1. The van der Waals surface area contributed by atoms with E-state index in [1.54, 1.807) is 6.07 Å². The van der Waals surface area contributed by atoms with Crippen LogP contribution in [0.15, 0.2) is 29.8 Å². The Hall–Kier alpha value is -1.32. The number of rotatable bonds is 0. The van der Waals surface area contributed by atoms with Gasteiger partial charge in [0.05, 0.1) is 12.2 Å². The van der Waals surface area contributed by atoms with Gasteiger partial charge in [-0.25, -0.2) is 0 Å². The van der Waals surface area contributed by atoms with E-state index in [-0.39, 0.29) is 11.3 Å². The lowest BCUT2D eigenvalue weighted by molar-refractivity contribution is -0.0288. The van der Waals surface area contributed by atoms with Crippen molar-refractivity contribution in [2.24, 2.45) is 11.3 Å². The molecule has 1 aromatic rings. The van der Waals surface area contributed by atoms with Gasteiger partial charge < -0.3 is 15.3 Å². The van der Waals surface area contributed by atoms with Gasteiger partial charge in [-0.3, -0.25) is 0 Å². The second-order valence-electron chi connectivity index (χ2n) is 7.19. The summed E-state index contributed by atoms with van der Waals surface area (Å²) in [6.07, 6.45) is 4.55. The van der Waals surface area contributed by atoms with Gasteiger partial charge in [0.2, 0.25) is 0 Å². The Morgan fingerprint density at radius 1 is 1.24 bits per heavy atom. The zero-order chi connectivity index (χ0) is 14.8. The van der Waals surface area contributed by atoms with Crippen LogP contribution in [0.1, 0.15) is 43.2 Å². The van der Waals surface area contributed by atoms with Crippen LogP contribution in [0.25, 0.3) is 0 Å². The summed E-state index contributed by atoms with van der Waals surface area (Å²) in [5, 5.41) is 30.1. The summed E-state index contributed by atoms with van der Waals surface area (Å²) < 4.78 is 0. The number of benzene rings is 1. The third-order valence-corrected chi connectivity index (χ3v) is 6.15. The molecule has 0 aliphatic heterocycles. The first kappa shape index (κ1) is 13.4. The van der Waals surface area contributed by atoms with Crippen molar-refractivity contribution in [1.29, 1.82) is 0 Å². The number of phenols is 1. The topological polar surface area (TPSA) is 60.7 Å². The third kappa shape index (κ3) is 1.74. The molecular weight excluding hydrogens is 264 g/mol. The summed E-state index contributed by atoms with van der Waals surface area (Å²) in [6, 6.07) is 5.69. The number of hydrogen-bond donors (Lipinski definition) is 3. The van der Waals surface area contributed by atoms with E-state index in [0.29, 0.717) is 18.1 Å². The van der Waals surface area contributed by atoms with Gasteiger partial charge in [0.15, 0.2) is 0 Å². The molecule has 21 heavy (non-hydrogen) atoms. The van der Waals surface area contributed by atoms with Crippen molar-refractivity contribution >= 4 is 0 Å². The second-order valence-corrected chi connectivity index (χ2v) is 7.19. The van der Waals surface area contributed by atoms with Crippen LogP contribution in [0.3, 0.4) is 0 Å². The molecule has 0 bridgehead atoms. The molecule has 0 amide bonds. The molecule has 3 heteroatoms. The fraction of sp³-hybridized carbons (Fsp3) is 0.556. The Kier molecular flexibility index (Phi) is 2.76. The van der Waals surface area contributed by atoms with Gasteiger partial charge in [-0.2, -0.15) is 0 Å². The molecule has 2 saturated carbocycles. The highest BCUT2D eigenvalue weighted by molar-refractivity contribution is 5.47. The van der Waals surface area contributed by atoms with Gasteiger partial charge >= 0.3 is 0 Å². The fourth-order valence-corrected chi connectivity index (χ4v) is 4.95. The molecule has 0 aromatic heterocycles. The molecule has 0 saturated heterocycles. The Morgan fingerprint density at radius 2 is 2.05 bits per heavy atom. The zero-order valence-corrected chi connectivity index (χ0v) is 12.3. The van der Waals surface area contributed by atoms with Crippen molar-refractivity contribution in [1.82, 2.24) is 0 Å². The van der Waals surface area contributed by atoms with Crippen molar-refractivity contribution in [3.8, 4) is 5.75 Å². The molecule has 3 aliphatic carbocycles. The van der Waals surface area contributed by atoms with E-state index < -0.39 is 12.2 Å². The van der Waals surface area contributed by atoms with E-state index in [1.807, 2.05) is 12.1 Å². The monoisotopic (exact) mass is 286 g/mol. The van der Waals surface area contributed by atoms with E-state index in [4.69, 9.17) is 0 Å². The van der Waals surface area contributed by atoms with Crippen LogP contribution in [0.5, 0.6) is 5.75 Å². The number of fused-ring (bicyclic) bond motifs is 5. The molecule has 2 fully saturated rings. The predicted molar refractivity (Wildman–Crippen MR) is 80.1 cm³/mol. The maximum Gasteiger partial charge on any atom is 0.115 e. The van der Waals surface area contributed by atoms with Crippen LogP contribution >= 0.6 is 0 Å². The zero-order valence-electron chi connectivity index (χ0n) is 12.3. The number of phenolic OH excluding ortho intramolecular Hbond substituents is 1. The van der Waals surface area contributed by atoms with Crippen molar-refractivity contribution in [3.05, 3.63) is 41.0 Å². The molecule has 3 N–H and O–H groups in total. The van der Waals surface area contributed by atoms with Crippen molar-refractivity contribution in [3.63, 3.8) is 0 Å². The first-order chi connectivity index (χ1) is 10.0.